The highest BCUT2D eigenvalue weighted by Gasteiger charge is 2.13. The van der Waals surface area contributed by atoms with Crippen LogP contribution in [0.2, 0.25) is 0 Å². The molecule has 3 aromatic rings. The first-order chi connectivity index (χ1) is 13.1. The van der Waals surface area contributed by atoms with Crippen LogP contribution < -0.4 is 0 Å². The van der Waals surface area contributed by atoms with Crippen molar-refractivity contribution in [1.29, 1.82) is 0 Å². The molecule has 27 heavy (non-hydrogen) atoms. The Bertz CT molecular complexity index is 777. The highest BCUT2D eigenvalue weighted by atomic mass is 17.2. The smallest absolute Gasteiger partial charge is 0.242 e. The summed E-state index contributed by atoms with van der Waals surface area (Å²) in [6.07, 6.45) is 0. The van der Waals surface area contributed by atoms with E-state index in [2.05, 4.69) is 47.9 Å². The van der Waals surface area contributed by atoms with E-state index in [4.69, 9.17) is 0 Å². The summed E-state index contributed by atoms with van der Waals surface area (Å²) in [4.78, 5) is 31.9. The number of rotatable bonds is 3. The largest absolute Gasteiger partial charge is 0.386 e. The summed E-state index contributed by atoms with van der Waals surface area (Å²) in [6.45, 7) is 4.41. The summed E-state index contributed by atoms with van der Waals surface area (Å²) in [7, 11) is 0. The molecule has 0 spiro atoms. The molecule has 4 nitrogen and oxygen atoms in total. The number of hydrogen-bond acceptors (Lipinski definition) is 4. The molecule has 0 bridgehead atoms. The molecule has 0 amide bonds. The van der Waals surface area contributed by atoms with Gasteiger partial charge >= 0.3 is 11.9 Å². The molecule has 0 aromatic heterocycles. The van der Waals surface area contributed by atoms with Gasteiger partial charge in [-0.2, -0.15) is 0 Å². The standard InChI is InChI=1S/C14H10O4.C9H12/c15-13(11-7-3-1-4-8-11)17-18-14(16)12-9-5-2-6-10-12;1-8(2)9-6-4-3-5-7-9/h1-10H;3-8H,1-2H3. The second kappa shape index (κ2) is 10.6. The van der Waals surface area contributed by atoms with Crippen LogP contribution in [0.25, 0.3) is 0 Å². The van der Waals surface area contributed by atoms with Crippen LogP contribution in [-0.2, 0) is 9.78 Å². The highest BCUT2D eigenvalue weighted by molar-refractivity contribution is 5.92. The average Bonchev–Trinajstić information content (AvgIpc) is 2.74. The lowest BCUT2D eigenvalue weighted by molar-refractivity contribution is -0.187. The van der Waals surface area contributed by atoms with E-state index >= 15 is 0 Å². The number of carbonyl (C=O) groups excluding carboxylic acids is 2. The van der Waals surface area contributed by atoms with Crippen LogP contribution in [0.15, 0.2) is 91.0 Å². The molecule has 138 valence electrons. The Morgan fingerprint density at radius 1 is 0.593 bits per heavy atom. The van der Waals surface area contributed by atoms with Crippen LogP contribution >= 0.6 is 0 Å². The normalized spacial score (nSPS) is 9.74. The number of hydrogen-bond donors (Lipinski definition) is 0. The van der Waals surface area contributed by atoms with Gasteiger partial charge < -0.3 is 0 Å². The fourth-order valence-electron chi connectivity index (χ4n) is 2.16. The maximum Gasteiger partial charge on any atom is 0.386 e. The van der Waals surface area contributed by atoms with Gasteiger partial charge in [-0.15, -0.1) is 0 Å². The van der Waals surface area contributed by atoms with Crippen molar-refractivity contribution in [2.24, 2.45) is 0 Å². The van der Waals surface area contributed by atoms with Gasteiger partial charge in [0.15, 0.2) is 0 Å². The quantitative estimate of drug-likeness (QED) is 0.461. The molecule has 0 aliphatic carbocycles. The van der Waals surface area contributed by atoms with Crippen LogP contribution in [0.4, 0.5) is 0 Å². The third-order valence-corrected chi connectivity index (χ3v) is 3.68. The molecule has 4 heteroatoms. The molecule has 0 aliphatic heterocycles. The molecule has 0 fully saturated rings. The third kappa shape index (κ3) is 6.78. The van der Waals surface area contributed by atoms with Crippen molar-refractivity contribution in [3.8, 4) is 0 Å². The number of benzene rings is 3. The first-order valence-electron chi connectivity index (χ1n) is 8.66. The molecule has 0 radical (unpaired) electrons. The molecule has 0 saturated carbocycles. The van der Waals surface area contributed by atoms with Crippen molar-refractivity contribution in [1.82, 2.24) is 0 Å². The van der Waals surface area contributed by atoms with Gasteiger partial charge in [0, 0.05) is 0 Å². The maximum absolute atomic E-state index is 11.5. The van der Waals surface area contributed by atoms with E-state index in [1.165, 1.54) is 5.56 Å². The summed E-state index contributed by atoms with van der Waals surface area (Å²) in [5.41, 5.74) is 2.05. The summed E-state index contributed by atoms with van der Waals surface area (Å²) in [6, 6.07) is 27.1. The molecule has 0 saturated heterocycles. The zero-order valence-electron chi connectivity index (χ0n) is 15.4. The van der Waals surface area contributed by atoms with E-state index in [0.29, 0.717) is 17.0 Å². The van der Waals surface area contributed by atoms with Gasteiger partial charge in [0.2, 0.25) is 0 Å². The Kier molecular flexibility index (Phi) is 7.79. The predicted molar refractivity (Wildman–Crippen MR) is 104 cm³/mol. The highest BCUT2D eigenvalue weighted by Crippen LogP contribution is 2.11. The second-order valence-corrected chi connectivity index (χ2v) is 6.04. The maximum atomic E-state index is 11.5. The fraction of sp³-hybridized carbons (Fsp3) is 0.130. The molecule has 3 aromatic carbocycles. The molecule has 0 heterocycles. The van der Waals surface area contributed by atoms with Crippen molar-refractivity contribution >= 4 is 11.9 Å². The van der Waals surface area contributed by atoms with Crippen LogP contribution in [0, 0.1) is 0 Å². The minimum atomic E-state index is -0.708. The predicted octanol–water partition coefficient (Wildman–Crippen LogP) is 5.43. The lowest BCUT2D eigenvalue weighted by atomic mass is 10.0. The Morgan fingerprint density at radius 3 is 1.22 bits per heavy atom. The van der Waals surface area contributed by atoms with Crippen LogP contribution in [0.1, 0.15) is 46.0 Å². The van der Waals surface area contributed by atoms with Crippen LogP contribution in [0.5, 0.6) is 0 Å². The third-order valence-electron chi connectivity index (χ3n) is 3.68. The lowest BCUT2D eigenvalue weighted by Gasteiger charge is -2.02. The van der Waals surface area contributed by atoms with Crippen molar-refractivity contribution in [3.05, 3.63) is 108 Å². The van der Waals surface area contributed by atoms with Crippen molar-refractivity contribution in [2.45, 2.75) is 19.8 Å². The molecule has 3 rings (SSSR count). The minimum absolute atomic E-state index is 0.318. The van der Waals surface area contributed by atoms with Gasteiger partial charge in [0.05, 0.1) is 11.1 Å². The zero-order chi connectivity index (χ0) is 19.5. The van der Waals surface area contributed by atoms with Gasteiger partial charge in [0.25, 0.3) is 0 Å². The molecule has 0 atom stereocenters. The molecular weight excluding hydrogens is 340 g/mol. The Balaban J connectivity index is 0.000000244. The van der Waals surface area contributed by atoms with Crippen molar-refractivity contribution in [3.63, 3.8) is 0 Å². The van der Waals surface area contributed by atoms with Gasteiger partial charge in [-0.1, -0.05) is 80.6 Å². The summed E-state index contributed by atoms with van der Waals surface area (Å²) >= 11 is 0. The van der Waals surface area contributed by atoms with E-state index < -0.39 is 11.9 Å². The Morgan fingerprint density at radius 2 is 0.926 bits per heavy atom. The van der Waals surface area contributed by atoms with E-state index in [9.17, 15) is 9.59 Å². The van der Waals surface area contributed by atoms with Gasteiger partial charge in [-0.05, 0) is 35.7 Å². The SMILES string of the molecule is CC(C)c1ccccc1.O=C(OOC(=O)c1ccccc1)c1ccccc1. The van der Waals surface area contributed by atoms with E-state index in [0.717, 1.165) is 0 Å². The number of carbonyl (C=O) groups is 2. The van der Waals surface area contributed by atoms with Gasteiger partial charge in [0.1, 0.15) is 0 Å². The Labute approximate surface area is 159 Å². The average molecular weight is 362 g/mol. The van der Waals surface area contributed by atoms with E-state index in [-0.39, 0.29) is 0 Å². The zero-order valence-corrected chi connectivity index (χ0v) is 15.4. The van der Waals surface area contributed by atoms with Crippen molar-refractivity contribution < 1.29 is 19.4 Å². The summed E-state index contributed by atoms with van der Waals surface area (Å²) in [5, 5.41) is 0. The lowest BCUT2D eigenvalue weighted by Crippen LogP contribution is -2.11. The molecular formula is C23H22O4. The van der Waals surface area contributed by atoms with E-state index in [1.807, 2.05) is 6.07 Å². The second-order valence-electron chi connectivity index (χ2n) is 6.04. The first-order valence-corrected chi connectivity index (χ1v) is 8.66. The van der Waals surface area contributed by atoms with Gasteiger partial charge in [-0.25, -0.2) is 19.4 Å². The van der Waals surface area contributed by atoms with E-state index in [1.54, 1.807) is 60.7 Å². The fourth-order valence-corrected chi connectivity index (χ4v) is 2.16. The minimum Gasteiger partial charge on any atom is -0.242 e. The first kappa shape index (κ1) is 19.9. The monoisotopic (exact) mass is 362 g/mol. The Hall–Kier alpha value is -3.40. The summed E-state index contributed by atoms with van der Waals surface area (Å²) < 4.78 is 0. The molecule has 0 unspecified atom stereocenters. The topological polar surface area (TPSA) is 52.6 Å². The summed E-state index contributed by atoms with van der Waals surface area (Å²) in [5.74, 6) is -0.758. The molecule has 0 N–H and O–H groups in total. The van der Waals surface area contributed by atoms with Crippen LogP contribution in [0.3, 0.4) is 0 Å². The van der Waals surface area contributed by atoms with Crippen molar-refractivity contribution in [2.75, 3.05) is 0 Å². The van der Waals surface area contributed by atoms with Crippen LogP contribution in [-0.4, -0.2) is 11.9 Å². The molecule has 0 aliphatic rings. The van der Waals surface area contributed by atoms with Gasteiger partial charge in [-0.3, -0.25) is 0 Å².